The van der Waals surface area contributed by atoms with Crippen molar-refractivity contribution in [1.82, 2.24) is 0 Å². The molecule has 3 aromatic carbocycles. The molecule has 0 unspecified atom stereocenters. The minimum atomic E-state index is -3.77. The van der Waals surface area contributed by atoms with Crippen molar-refractivity contribution in [2.75, 3.05) is 0 Å². The summed E-state index contributed by atoms with van der Waals surface area (Å²) in [6, 6.07) is 23.3. The van der Waals surface area contributed by atoms with Gasteiger partial charge >= 0.3 is 0 Å². The van der Waals surface area contributed by atoms with Gasteiger partial charge in [-0.3, -0.25) is 4.79 Å². The van der Waals surface area contributed by atoms with Crippen molar-refractivity contribution in [1.29, 1.82) is 0 Å². The van der Waals surface area contributed by atoms with E-state index < -0.39 is 10.0 Å². The van der Waals surface area contributed by atoms with E-state index in [0.717, 1.165) is 20.7 Å². The second kappa shape index (κ2) is 6.74. The molecule has 1 aromatic heterocycles. The van der Waals surface area contributed by atoms with Crippen LogP contribution < -0.4 is 10.6 Å². The third-order valence-corrected chi connectivity index (χ3v) is 6.45. The maximum atomic E-state index is 13.2. The highest BCUT2D eigenvalue weighted by atomic mass is 32.2. The van der Waals surface area contributed by atoms with Crippen LogP contribution in [0.25, 0.3) is 31.7 Å². The Morgan fingerprint density at radius 1 is 0.741 bits per heavy atom. The first-order valence-electron chi connectivity index (χ1n) is 8.19. The van der Waals surface area contributed by atoms with Crippen LogP contribution in [0.15, 0.2) is 88.6 Å². The zero-order valence-corrected chi connectivity index (χ0v) is 15.8. The summed E-state index contributed by atoms with van der Waals surface area (Å²) in [7, 11) is -3.77. The molecule has 4 rings (SSSR count). The number of hydrogen-bond acceptors (Lipinski definition) is 4. The fourth-order valence-corrected chi connectivity index (χ4v) is 4.73. The van der Waals surface area contributed by atoms with Gasteiger partial charge in [0, 0.05) is 20.5 Å². The maximum absolute atomic E-state index is 13.2. The molecule has 0 saturated heterocycles. The summed E-state index contributed by atoms with van der Waals surface area (Å²) in [6.07, 6.45) is 0. The number of nitrogens with two attached hydrogens (primary N) is 1. The molecular formula is C21H15NO3S2. The molecule has 0 saturated carbocycles. The summed E-state index contributed by atoms with van der Waals surface area (Å²) >= 11 is 1.51. The highest BCUT2D eigenvalue weighted by Gasteiger charge is 2.16. The van der Waals surface area contributed by atoms with Crippen LogP contribution in [0.3, 0.4) is 0 Å². The number of benzene rings is 3. The number of hydrogen-bond donors (Lipinski definition) is 1. The van der Waals surface area contributed by atoms with Gasteiger partial charge in [0.15, 0.2) is 5.43 Å². The second-order valence-electron chi connectivity index (χ2n) is 6.07. The number of primary sulfonamides is 1. The first-order valence-corrected chi connectivity index (χ1v) is 10.6. The van der Waals surface area contributed by atoms with Crippen LogP contribution in [0.4, 0.5) is 0 Å². The molecule has 0 radical (unpaired) electrons. The topological polar surface area (TPSA) is 77.2 Å². The third kappa shape index (κ3) is 3.30. The lowest BCUT2D eigenvalue weighted by molar-refractivity contribution is 0.598. The van der Waals surface area contributed by atoms with Crippen LogP contribution in [0.1, 0.15) is 0 Å². The Hall–Kier alpha value is -2.80. The maximum Gasteiger partial charge on any atom is 0.238 e. The van der Waals surface area contributed by atoms with Gasteiger partial charge in [-0.1, -0.05) is 54.6 Å². The van der Waals surface area contributed by atoms with Crippen molar-refractivity contribution >= 4 is 31.4 Å². The summed E-state index contributed by atoms with van der Waals surface area (Å²) in [6.45, 7) is 0. The summed E-state index contributed by atoms with van der Waals surface area (Å²) in [4.78, 5) is 14.1. The molecule has 134 valence electrons. The summed E-state index contributed by atoms with van der Waals surface area (Å²) in [5.41, 5.74) is 2.17. The van der Waals surface area contributed by atoms with Crippen LogP contribution in [0, 0.1) is 0 Å². The highest BCUT2D eigenvalue weighted by Crippen LogP contribution is 2.36. The number of sulfonamides is 1. The molecule has 0 fully saturated rings. The van der Waals surface area contributed by atoms with Crippen molar-refractivity contribution in [3.05, 3.63) is 89.1 Å². The molecule has 0 aliphatic rings. The van der Waals surface area contributed by atoms with Gasteiger partial charge in [0.1, 0.15) is 0 Å². The van der Waals surface area contributed by atoms with E-state index in [2.05, 4.69) is 0 Å². The standard InChI is InChI=1S/C21H15NO3S2/c22-27(24,25)16-12-10-15(11-13-16)21-19(14-6-2-1-3-7-14)20(23)17-8-4-5-9-18(17)26-21/h1-13H,(H2,22,24,25). The molecule has 0 bridgehead atoms. The van der Waals surface area contributed by atoms with E-state index in [-0.39, 0.29) is 10.3 Å². The fourth-order valence-electron chi connectivity index (χ4n) is 3.01. The SMILES string of the molecule is NS(=O)(=O)c1ccc(-c2sc3ccccc3c(=O)c2-c2ccccc2)cc1. The van der Waals surface area contributed by atoms with Gasteiger partial charge < -0.3 is 0 Å². The van der Waals surface area contributed by atoms with E-state index in [1.54, 1.807) is 12.1 Å². The lowest BCUT2D eigenvalue weighted by Crippen LogP contribution is -2.11. The van der Waals surface area contributed by atoms with Crippen molar-refractivity contribution in [3.63, 3.8) is 0 Å². The molecule has 6 heteroatoms. The quantitative estimate of drug-likeness (QED) is 0.565. The van der Waals surface area contributed by atoms with E-state index in [1.165, 1.54) is 23.5 Å². The predicted molar refractivity (Wildman–Crippen MR) is 110 cm³/mol. The van der Waals surface area contributed by atoms with Crippen molar-refractivity contribution < 1.29 is 8.42 Å². The smallest absolute Gasteiger partial charge is 0.238 e. The first kappa shape index (κ1) is 17.6. The largest absolute Gasteiger partial charge is 0.288 e. The molecule has 4 aromatic rings. The highest BCUT2D eigenvalue weighted by molar-refractivity contribution is 7.89. The molecule has 0 amide bonds. The zero-order valence-electron chi connectivity index (χ0n) is 14.1. The van der Waals surface area contributed by atoms with Gasteiger partial charge in [0.2, 0.25) is 10.0 Å². The summed E-state index contributed by atoms with van der Waals surface area (Å²) < 4.78 is 23.9. The first-order chi connectivity index (χ1) is 12.9. The average molecular weight is 393 g/mol. The Bertz CT molecular complexity index is 1290. The van der Waals surface area contributed by atoms with E-state index in [0.29, 0.717) is 10.9 Å². The Balaban J connectivity index is 2.03. The van der Waals surface area contributed by atoms with Crippen LogP contribution in [0.5, 0.6) is 0 Å². The molecule has 0 atom stereocenters. The minimum Gasteiger partial charge on any atom is -0.288 e. The molecule has 4 nitrogen and oxygen atoms in total. The third-order valence-electron chi connectivity index (χ3n) is 4.31. The molecule has 0 aliphatic carbocycles. The average Bonchev–Trinajstić information content (AvgIpc) is 2.68. The van der Waals surface area contributed by atoms with Crippen LogP contribution in [-0.4, -0.2) is 8.42 Å². The van der Waals surface area contributed by atoms with Crippen LogP contribution in [-0.2, 0) is 10.0 Å². The number of rotatable bonds is 3. The normalized spacial score (nSPS) is 11.6. The van der Waals surface area contributed by atoms with Gasteiger partial charge in [0.25, 0.3) is 0 Å². The van der Waals surface area contributed by atoms with Gasteiger partial charge in [-0.2, -0.15) is 0 Å². The van der Waals surface area contributed by atoms with E-state index in [1.807, 2.05) is 54.6 Å². The van der Waals surface area contributed by atoms with Crippen LogP contribution in [0.2, 0.25) is 0 Å². The Morgan fingerprint density at radius 3 is 2.04 bits per heavy atom. The number of fused-ring (bicyclic) bond motifs is 1. The molecule has 0 aliphatic heterocycles. The second-order valence-corrected chi connectivity index (χ2v) is 8.68. The lowest BCUT2D eigenvalue weighted by atomic mass is 10.0. The fraction of sp³-hybridized carbons (Fsp3) is 0. The van der Waals surface area contributed by atoms with E-state index >= 15 is 0 Å². The Morgan fingerprint density at radius 2 is 1.37 bits per heavy atom. The van der Waals surface area contributed by atoms with Gasteiger partial charge in [0.05, 0.1) is 4.90 Å². The monoisotopic (exact) mass is 393 g/mol. The zero-order chi connectivity index (χ0) is 19.0. The summed E-state index contributed by atoms with van der Waals surface area (Å²) in [5, 5.41) is 5.86. The Kier molecular flexibility index (Phi) is 4.39. The predicted octanol–water partition coefficient (Wildman–Crippen LogP) is 4.24. The lowest BCUT2D eigenvalue weighted by Gasteiger charge is -2.11. The molecule has 0 spiro atoms. The summed E-state index contributed by atoms with van der Waals surface area (Å²) in [5.74, 6) is 0. The minimum absolute atomic E-state index is 0.0407. The van der Waals surface area contributed by atoms with Crippen LogP contribution >= 0.6 is 11.3 Å². The van der Waals surface area contributed by atoms with Gasteiger partial charge in [-0.05, 0) is 35.4 Å². The van der Waals surface area contributed by atoms with Crippen molar-refractivity contribution in [2.24, 2.45) is 5.14 Å². The molecule has 27 heavy (non-hydrogen) atoms. The van der Waals surface area contributed by atoms with Gasteiger partial charge in [-0.25, -0.2) is 13.6 Å². The molecule has 2 N–H and O–H groups in total. The Labute approximate surface area is 160 Å². The van der Waals surface area contributed by atoms with E-state index in [9.17, 15) is 13.2 Å². The van der Waals surface area contributed by atoms with Crippen molar-refractivity contribution in [2.45, 2.75) is 4.90 Å². The van der Waals surface area contributed by atoms with E-state index in [4.69, 9.17) is 5.14 Å². The molecular weight excluding hydrogens is 378 g/mol. The van der Waals surface area contributed by atoms with Gasteiger partial charge in [-0.15, -0.1) is 11.3 Å². The molecule has 1 heterocycles. The van der Waals surface area contributed by atoms with Crippen molar-refractivity contribution in [3.8, 4) is 21.6 Å².